The van der Waals surface area contributed by atoms with Gasteiger partial charge in [0, 0.05) is 43.2 Å². The Labute approximate surface area is 207 Å². The highest BCUT2D eigenvalue weighted by molar-refractivity contribution is 6.42. The van der Waals surface area contributed by atoms with Crippen molar-refractivity contribution in [3.63, 3.8) is 0 Å². The summed E-state index contributed by atoms with van der Waals surface area (Å²) in [5.74, 6) is 0.383. The Kier molecular flexibility index (Phi) is 6.47. The van der Waals surface area contributed by atoms with Crippen LogP contribution in [-0.2, 0) is 13.0 Å². The number of carbonyl (C=O) groups is 1. The first-order valence-electron chi connectivity index (χ1n) is 11.0. The summed E-state index contributed by atoms with van der Waals surface area (Å²) in [5.41, 5.74) is 5.11. The molecule has 2 N–H and O–H groups in total. The Hall–Kier alpha value is -3.42. The van der Waals surface area contributed by atoms with E-state index in [2.05, 4.69) is 31.7 Å². The number of anilines is 1. The molecule has 7 nitrogen and oxygen atoms in total. The van der Waals surface area contributed by atoms with Crippen molar-refractivity contribution in [1.29, 1.82) is 0 Å². The second kappa shape index (κ2) is 9.83. The fraction of sp³-hybridized carbons (Fsp3) is 0.200. The molecule has 1 unspecified atom stereocenters. The third-order valence-electron chi connectivity index (χ3n) is 5.89. The molecule has 0 fully saturated rings. The monoisotopic (exact) mass is 492 g/mol. The van der Waals surface area contributed by atoms with Crippen molar-refractivity contribution in [2.45, 2.75) is 25.3 Å². The molecule has 34 heavy (non-hydrogen) atoms. The van der Waals surface area contributed by atoms with Gasteiger partial charge in [-0.1, -0.05) is 53.5 Å². The molecule has 2 aromatic heterocycles. The van der Waals surface area contributed by atoms with E-state index in [0.29, 0.717) is 16.6 Å². The van der Waals surface area contributed by atoms with Gasteiger partial charge >= 0.3 is 6.03 Å². The van der Waals surface area contributed by atoms with E-state index in [-0.39, 0.29) is 17.9 Å². The molecule has 2 amide bonds. The zero-order valence-electron chi connectivity index (χ0n) is 18.2. The largest absolute Gasteiger partial charge is 0.338 e. The van der Waals surface area contributed by atoms with Crippen molar-refractivity contribution < 1.29 is 4.79 Å². The van der Waals surface area contributed by atoms with Gasteiger partial charge in [0.05, 0.1) is 22.1 Å². The van der Waals surface area contributed by atoms with E-state index in [9.17, 15) is 4.79 Å². The molecule has 1 aliphatic carbocycles. The van der Waals surface area contributed by atoms with E-state index in [1.807, 2.05) is 47.2 Å². The molecule has 1 atom stereocenters. The van der Waals surface area contributed by atoms with Gasteiger partial charge in [0.15, 0.2) is 0 Å². The number of nitrogens with one attached hydrogen (secondary N) is 2. The van der Waals surface area contributed by atoms with Gasteiger partial charge in [0.1, 0.15) is 0 Å². The number of amides is 2. The number of carbonyl (C=O) groups excluding carboxylic acids is 1. The highest BCUT2D eigenvalue weighted by Crippen LogP contribution is 2.42. The highest BCUT2D eigenvalue weighted by atomic mass is 35.5. The molecule has 172 valence electrons. The summed E-state index contributed by atoms with van der Waals surface area (Å²) in [6.07, 6.45) is 8.69. The maximum atomic E-state index is 12.3. The molecule has 2 heterocycles. The van der Waals surface area contributed by atoms with E-state index in [0.717, 1.165) is 47.3 Å². The predicted octanol–water partition coefficient (Wildman–Crippen LogP) is 5.55. The summed E-state index contributed by atoms with van der Waals surface area (Å²) in [6.45, 7) is 1.32. The van der Waals surface area contributed by atoms with Gasteiger partial charge in [0.2, 0.25) is 5.95 Å². The highest BCUT2D eigenvalue weighted by Gasteiger charge is 2.28. The summed E-state index contributed by atoms with van der Waals surface area (Å²) >= 11 is 12.4. The number of fused-ring (bicyclic) bond motifs is 3. The minimum atomic E-state index is -0.330. The maximum absolute atomic E-state index is 12.3. The van der Waals surface area contributed by atoms with E-state index in [1.54, 1.807) is 18.7 Å². The van der Waals surface area contributed by atoms with Gasteiger partial charge in [-0.05, 0) is 41.7 Å². The molecule has 5 rings (SSSR count). The molecule has 0 saturated heterocycles. The first-order chi connectivity index (χ1) is 16.6. The van der Waals surface area contributed by atoms with Crippen molar-refractivity contribution in [2.24, 2.45) is 0 Å². The topological polar surface area (TPSA) is 84.7 Å². The molecule has 0 aliphatic heterocycles. The van der Waals surface area contributed by atoms with Crippen LogP contribution in [0.3, 0.4) is 0 Å². The molecular formula is C25H22Cl2N6O. The van der Waals surface area contributed by atoms with Crippen LogP contribution in [0.5, 0.6) is 0 Å². The number of rotatable bonds is 6. The Bertz CT molecular complexity index is 1320. The van der Waals surface area contributed by atoms with E-state index < -0.39 is 0 Å². The lowest BCUT2D eigenvalue weighted by atomic mass is 9.78. The minimum Gasteiger partial charge on any atom is -0.338 e. The van der Waals surface area contributed by atoms with Crippen molar-refractivity contribution in [1.82, 2.24) is 24.8 Å². The predicted molar refractivity (Wildman–Crippen MR) is 133 cm³/mol. The summed E-state index contributed by atoms with van der Waals surface area (Å²) in [6, 6.07) is 13.6. The smallest absolute Gasteiger partial charge is 0.321 e. The second-order valence-electron chi connectivity index (χ2n) is 8.12. The lowest BCUT2D eigenvalue weighted by molar-refractivity contribution is 0.251. The van der Waals surface area contributed by atoms with Crippen LogP contribution in [0.1, 0.15) is 29.0 Å². The van der Waals surface area contributed by atoms with Crippen molar-refractivity contribution in [3.8, 4) is 11.3 Å². The fourth-order valence-electron chi connectivity index (χ4n) is 4.25. The van der Waals surface area contributed by atoms with Gasteiger partial charge in [-0.2, -0.15) is 0 Å². The first kappa shape index (κ1) is 22.4. The molecule has 2 aromatic carbocycles. The van der Waals surface area contributed by atoms with Crippen LogP contribution in [0.4, 0.5) is 10.7 Å². The number of hydrogen-bond acceptors (Lipinski definition) is 4. The third kappa shape index (κ3) is 4.76. The van der Waals surface area contributed by atoms with Crippen LogP contribution < -0.4 is 10.6 Å². The quantitative estimate of drug-likeness (QED) is 0.345. The SMILES string of the molecule is O=C(NCCCn1ccnc1)Nc1ncc2c(n1)-c1ccccc1C(c1ccc(Cl)c(Cl)c1)C2. The first-order valence-corrected chi connectivity index (χ1v) is 11.7. The van der Waals surface area contributed by atoms with Crippen LogP contribution in [0.25, 0.3) is 11.3 Å². The Morgan fingerprint density at radius 1 is 1.15 bits per heavy atom. The number of aromatic nitrogens is 4. The molecule has 0 spiro atoms. The molecule has 0 radical (unpaired) electrons. The Morgan fingerprint density at radius 3 is 2.85 bits per heavy atom. The third-order valence-corrected chi connectivity index (χ3v) is 6.63. The Morgan fingerprint density at radius 2 is 2.03 bits per heavy atom. The van der Waals surface area contributed by atoms with Crippen LogP contribution in [0.2, 0.25) is 10.0 Å². The zero-order chi connectivity index (χ0) is 23.5. The van der Waals surface area contributed by atoms with E-state index >= 15 is 0 Å². The number of benzene rings is 2. The molecule has 9 heteroatoms. The second-order valence-corrected chi connectivity index (χ2v) is 8.93. The fourth-order valence-corrected chi connectivity index (χ4v) is 4.56. The zero-order valence-corrected chi connectivity index (χ0v) is 19.7. The summed E-state index contributed by atoms with van der Waals surface area (Å²) in [7, 11) is 0. The van der Waals surface area contributed by atoms with Crippen molar-refractivity contribution >= 4 is 35.2 Å². The van der Waals surface area contributed by atoms with Crippen molar-refractivity contribution in [3.05, 3.63) is 94.1 Å². The maximum Gasteiger partial charge on any atom is 0.321 e. The lowest BCUT2D eigenvalue weighted by Gasteiger charge is -2.27. The van der Waals surface area contributed by atoms with Gasteiger partial charge in [-0.15, -0.1) is 0 Å². The summed E-state index contributed by atoms with van der Waals surface area (Å²) in [5, 5.41) is 6.67. The standard InChI is InChI=1S/C25H22Cl2N6O/c26-21-7-6-16(13-22(21)27)20-12-17-14-30-24(31-23(17)19-5-2-1-4-18(19)20)32-25(34)29-8-3-10-33-11-9-28-15-33/h1-2,4-7,9,11,13-15,20H,3,8,10,12H2,(H2,29,30,31,32,34). The Balaban J connectivity index is 1.31. The van der Waals surface area contributed by atoms with E-state index in [1.165, 1.54) is 0 Å². The molecule has 4 aromatic rings. The number of imidazole rings is 1. The summed E-state index contributed by atoms with van der Waals surface area (Å²) in [4.78, 5) is 25.4. The number of hydrogen-bond donors (Lipinski definition) is 2. The molecule has 0 saturated carbocycles. The average molecular weight is 493 g/mol. The van der Waals surface area contributed by atoms with Gasteiger partial charge in [-0.3, -0.25) is 5.32 Å². The van der Waals surface area contributed by atoms with E-state index in [4.69, 9.17) is 23.2 Å². The average Bonchev–Trinajstić information content (AvgIpc) is 3.37. The van der Waals surface area contributed by atoms with Crippen LogP contribution >= 0.6 is 23.2 Å². The molecular weight excluding hydrogens is 471 g/mol. The number of urea groups is 1. The number of nitrogens with zero attached hydrogens (tertiary/aromatic N) is 4. The van der Waals surface area contributed by atoms with Crippen molar-refractivity contribution in [2.75, 3.05) is 11.9 Å². The molecule has 1 aliphatic rings. The molecule has 0 bridgehead atoms. The van der Waals surface area contributed by atoms with Gasteiger partial charge in [-0.25, -0.2) is 19.7 Å². The number of halogens is 2. The normalized spacial score (nSPS) is 14.2. The van der Waals surface area contributed by atoms with Crippen LogP contribution in [0.15, 0.2) is 67.4 Å². The minimum absolute atomic E-state index is 0.111. The number of aryl methyl sites for hydroxylation is 1. The van der Waals surface area contributed by atoms with Crippen LogP contribution in [0, 0.1) is 0 Å². The lowest BCUT2D eigenvalue weighted by Crippen LogP contribution is -2.31. The van der Waals surface area contributed by atoms with Gasteiger partial charge < -0.3 is 9.88 Å². The van der Waals surface area contributed by atoms with Crippen LogP contribution in [-0.4, -0.2) is 32.1 Å². The summed E-state index contributed by atoms with van der Waals surface area (Å²) < 4.78 is 1.97. The van der Waals surface area contributed by atoms with Gasteiger partial charge in [0.25, 0.3) is 0 Å².